The summed E-state index contributed by atoms with van der Waals surface area (Å²) >= 11 is 0. The van der Waals surface area contributed by atoms with Gasteiger partial charge in [-0.1, -0.05) is 33.6 Å². The second-order valence-electron chi connectivity index (χ2n) is 4.99. The van der Waals surface area contributed by atoms with Crippen LogP contribution in [0.15, 0.2) is 0 Å². The highest BCUT2D eigenvalue weighted by Gasteiger charge is 2.40. The van der Waals surface area contributed by atoms with Crippen molar-refractivity contribution in [3.8, 4) is 0 Å². The largest absolute Gasteiger partial charge is 0.248 e. The predicted molar refractivity (Wildman–Crippen MR) is 55.6 cm³/mol. The van der Waals surface area contributed by atoms with Crippen molar-refractivity contribution in [2.45, 2.75) is 65.2 Å². The van der Waals surface area contributed by atoms with Crippen molar-refractivity contribution >= 4 is 0 Å². The second kappa shape index (κ2) is 4.16. The molecule has 14 heavy (non-hydrogen) atoms. The van der Waals surface area contributed by atoms with Crippen LogP contribution in [0.4, 0.5) is 8.78 Å². The maximum Gasteiger partial charge on any atom is 0.248 e. The van der Waals surface area contributed by atoms with Gasteiger partial charge in [0.2, 0.25) is 5.92 Å². The Hall–Kier alpha value is -0.140. The van der Waals surface area contributed by atoms with Crippen molar-refractivity contribution in [2.24, 2.45) is 11.3 Å². The molecule has 1 saturated carbocycles. The van der Waals surface area contributed by atoms with E-state index in [0.29, 0.717) is 18.8 Å². The van der Waals surface area contributed by atoms with Crippen LogP contribution >= 0.6 is 0 Å². The fraction of sp³-hybridized carbons (Fsp3) is 1.00. The first-order valence-corrected chi connectivity index (χ1v) is 5.81. The first-order valence-electron chi connectivity index (χ1n) is 5.81. The number of alkyl halides is 2. The van der Waals surface area contributed by atoms with E-state index in [4.69, 9.17) is 0 Å². The number of hydrogen-bond donors (Lipinski definition) is 0. The molecule has 0 amide bonds. The van der Waals surface area contributed by atoms with Crippen molar-refractivity contribution in [3.63, 3.8) is 0 Å². The quantitative estimate of drug-likeness (QED) is 0.628. The summed E-state index contributed by atoms with van der Waals surface area (Å²) in [5.74, 6) is -1.86. The van der Waals surface area contributed by atoms with Gasteiger partial charge in [-0.25, -0.2) is 8.78 Å². The van der Waals surface area contributed by atoms with Gasteiger partial charge in [0.05, 0.1) is 0 Å². The SMILES string of the molecule is CCC(C)(CC)C1CCC(F)(F)CC1. The third kappa shape index (κ3) is 2.46. The van der Waals surface area contributed by atoms with E-state index in [-0.39, 0.29) is 18.3 Å². The molecule has 0 aliphatic heterocycles. The highest BCUT2D eigenvalue weighted by atomic mass is 19.3. The van der Waals surface area contributed by atoms with Crippen LogP contribution in [0.5, 0.6) is 0 Å². The molecule has 0 spiro atoms. The van der Waals surface area contributed by atoms with Gasteiger partial charge in [-0.05, 0) is 24.2 Å². The summed E-state index contributed by atoms with van der Waals surface area (Å²) in [5.41, 5.74) is 0.288. The summed E-state index contributed by atoms with van der Waals surface area (Å²) in [4.78, 5) is 0. The lowest BCUT2D eigenvalue weighted by Gasteiger charge is -2.40. The lowest BCUT2D eigenvalue weighted by Crippen LogP contribution is -2.33. The zero-order valence-corrected chi connectivity index (χ0v) is 9.58. The molecule has 0 atom stereocenters. The Morgan fingerprint density at radius 2 is 1.57 bits per heavy atom. The third-order valence-corrected chi connectivity index (χ3v) is 4.32. The molecule has 0 aromatic heterocycles. The molecule has 2 heteroatoms. The van der Waals surface area contributed by atoms with Crippen LogP contribution in [-0.2, 0) is 0 Å². The minimum Gasteiger partial charge on any atom is -0.207 e. The van der Waals surface area contributed by atoms with Crippen LogP contribution in [0.1, 0.15) is 59.3 Å². The van der Waals surface area contributed by atoms with Crippen molar-refractivity contribution < 1.29 is 8.78 Å². The molecule has 0 saturated heterocycles. The fourth-order valence-corrected chi connectivity index (χ4v) is 2.56. The van der Waals surface area contributed by atoms with Crippen molar-refractivity contribution in [2.75, 3.05) is 0 Å². The van der Waals surface area contributed by atoms with E-state index in [1.54, 1.807) is 0 Å². The summed E-state index contributed by atoms with van der Waals surface area (Å²) in [6.45, 7) is 6.60. The summed E-state index contributed by atoms with van der Waals surface area (Å²) in [7, 11) is 0. The normalized spacial score (nSPS) is 23.8. The third-order valence-electron chi connectivity index (χ3n) is 4.32. The number of halogens is 2. The molecular formula is C12H22F2. The van der Waals surface area contributed by atoms with E-state index in [9.17, 15) is 8.78 Å². The molecule has 1 aliphatic carbocycles. The highest BCUT2D eigenvalue weighted by Crippen LogP contribution is 2.46. The number of rotatable bonds is 3. The van der Waals surface area contributed by atoms with Crippen LogP contribution in [0, 0.1) is 11.3 Å². The molecule has 0 bridgehead atoms. The molecule has 0 aromatic carbocycles. The minimum atomic E-state index is -2.38. The zero-order chi connectivity index (χ0) is 10.8. The maximum atomic E-state index is 13.0. The Morgan fingerprint density at radius 3 is 1.93 bits per heavy atom. The predicted octanol–water partition coefficient (Wildman–Crippen LogP) is 4.64. The average Bonchev–Trinajstić information content (AvgIpc) is 2.16. The van der Waals surface area contributed by atoms with Gasteiger partial charge in [-0.15, -0.1) is 0 Å². The summed E-state index contributed by atoms with van der Waals surface area (Å²) in [6, 6.07) is 0. The van der Waals surface area contributed by atoms with Gasteiger partial charge in [-0.3, -0.25) is 0 Å². The maximum absolute atomic E-state index is 13.0. The second-order valence-corrected chi connectivity index (χ2v) is 4.99. The van der Waals surface area contributed by atoms with Gasteiger partial charge in [0.25, 0.3) is 0 Å². The van der Waals surface area contributed by atoms with Gasteiger partial charge in [0.15, 0.2) is 0 Å². The molecule has 1 rings (SSSR count). The van der Waals surface area contributed by atoms with E-state index in [1.165, 1.54) is 0 Å². The number of hydrogen-bond acceptors (Lipinski definition) is 0. The van der Waals surface area contributed by atoms with E-state index >= 15 is 0 Å². The molecule has 1 aliphatic rings. The Bertz CT molecular complexity index is 173. The van der Waals surface area contributed by atoms with Crippen LogP contribution < -0.4 is 0 Å². The molecule has 0 N–H and O–H groups in total. The lowest BCUT2D eigenvalue weighted by molar-refractivity contribution is -0.0633. The van der Waals surface area contributed by atoms with Gasteiger partial charge < -0.3 is 0 Å². The van der Waals surface area contributed by atoms with Crippen molar-refractivity contribution in [1.82, 2.24) is 0 Å². The van der Waals surface area contributed by atoms with Gasteiger partial charge >= 0.3 is 0 Å². The topological polar surface area (TPSA) is 0 Å². The molecule has 1 fully saturated rings. The van der Waals surface area contributed by atoms with Crippen molar-refractivity contribution in [3.05, 3.63) is 0 Å². The van der Waals surface area contributed by atoms with E-state index < -0.39 is 5.92 Å². The molecule has 0 unspecified atom stereocenters. The van der Waals surface area contributed by atoms with Crippen LogP contribution in [0.2, 0.25) is 0 Å². The Kier molecular flexibility index (Phi) is 3.54. The molecule has 0 heterocycles. The molecule has 0 radical (unpaired) electrons. The molecule has 0 nitrogen and oxygen atoms in total. The first-order chi connectivity index (χ1) is 6.43. The van der Waals surface area contributed by atoms with Crippen molar-refractivity contribution in [1.29, 1.82) is 0 Å². The standard InChI is InChI=1S/C12H22F2/c1-4-11(3,5-2)10-6-8-12(13,14)9-7-10/h10H,4-9H2,1-3H3. The van der Waals surface area contributed by atoms with E-state index in [1.807, 2.05) is 0 Å². The Balaban J connectivity index is 2.56. The zero-order valence-electron chi connectivity index (χ0n) is 9.58. The van der Waals surface area contributed by atoms with Gasteiger partial charge in [0.1, 0.15) is 0 Å². The molecule has 84 valence electrons. The van der Waals surface area contributed by atoms with Crippen LogP contribution in [0.3, 0.4) is 0 Å². The molecule has 0 aromatic rings. The smallest absolute Gasteiger partial charge is 0.207 e. The summed E-state index contributed by atoms with van der Waals surface area (Å²) < 4.78 is 25.9. The van der Waals surface area contributed by atoms with E-state index in [0.717, 1.165) is 12.8 Å². The summed E-state index contributed by atoms with van der Waals surface area (Å²) in [6.07, 6.45) is 3.86. The Labute approximate surface area is 86.1 Å². The lowest BCUT2D eigenvalue weighted by atomic mass is 9.66. The monoisotopic (exact) mass is 204 g/mol. The first kappa shape index (κ1) is 11.9. The van der Waals surface area contributed by atoms with Gasteiger partial charge in [0, 0.05) is 12.8 Å². The van der Waals surface area contributed by atoms with Crippen LogP contribution in [-0.4, -0.2) is 5.92 Å². The van der Waals surface area contributed by atoms with E-state index in [2.05, 4.69) is 20.8 Å². The highest BCUT2D eigenvalue weighted by molar-refractivity contribution is 4.87. The average molecular weight is 204 g/mol. The molecular weight excluding hydrogens is 182 g/mol. The van der Waals surface area contributed by atoms with Gasteiger partial charge in [-0.2, -0.15) is 0 Å². The minimum absolute atomic E-state index is 0.104. The van der Waals surface area contributed by atoms with Crippen LogP contribution in [0.25, 0.3) is 0 Å². The Morgan fingerprint density at radius 1 is 1.14 bits per heavy atom. The summed E-state index contributed by atoms with van der Waals surface area (Å²) in [5, 5.41) is 0. The fourth-order valence-electron chi connectivity index (χ4n) is 2.56.